The zero-order chi connectivity index (χ0) is 12.1. The number of benzene rings is 1. The van der Waals surface area contributed by atoms with Crippen LogP contribution in [0.5, 0.6) is 5.75 Å². The number of ether oxygens (including phenoxy) is 1. The molecule has 0 aliphatic rings. The molecule has 88 valence electrons. The molecule has 0 heterocycles. The molecule has 0 unspecified atom stereocenters. The number of halogens is 1. The minimum absolute atomic E-state index is 0.0901. The number of hydrogen-bond donors (Lipinski definition) is 0. The van der Waals surface area contributed by atoms with Gasteiger partial charge < -0.3 is 9.64 Å². The fourth-order valence-corrected chi connectivity index (χ4v) is 1.36. The lowest BCUT2D eigenvalue weighted by molar-refractivity contribution is -0.385. The zero-order valence-electron chi connectivity index (χ0n) is 9.14. The SMILES string of the molecule is CN(C)CCOc1cccc(Cl)c1[N+](=O)[O-]. The lowest BCUT2D eigenvalue weighted by atomic mass is 10.3. The van der Waals surface area contributed by atoms with Gasteiger partial charge in [0.1, 0.15) is 11.6 Å². The van der Waals surface area contributed by atoms with Crippen molar-refractivity contribution in [2.45, 2.75) is 0 Å². The van der Waals surface area contributed by atoms with Crippen LogP contribution in [0, 0.1) is 10.1 Å². The number of hydrogen-bond acceptors (Lipinski definition) is 4. The highest BCUT2D eigenvalue weighted by molar-refractivity contribution is 6.32. The van der Waals surface area contributed by atoms with Crippen molar-refractivity contribution < 1.29 is 9.66 Å². The number of nitro groups is 1. The van der Waals surface area contributed by atoms with E-state index in [1.807, 2.05) is 19.0 Å². The van der Waals surface area contributed by atoms with E-state index in [1.54, 1.807) is 12.1 Å². The summed E-state index contributed by atoms with van der Waals surface area (Å²) >= 11 is 5.73. The van der Waals surface area contributed by atoms with Crippen molar-refractivity contribution in [2.75, 3.05) is 27.2 Å². The summed E-state index contributed by atoms with van der Waals surface area (Å²) in [5.74, 6) is 0.208. The van der Waals surface area contributed by atoms with Gasteiger partial charge in [-0.05, 0) is 26.2 Å². The van der Waals surface area contributed by atoms with E-state index in [-0.39, 0.29) is 16.5 Å². The lowest BCUT2D eigenvalue weighted by Gasteiger charge is -2.11. The fraction of sp³-hybridized carbons (Fsp3) is 0.400. The Labute approximate surface area is 98.7 Å². The van der Waals surface area contributed by atoms with Gasteiger partial charge in [-0.25, -0.2) is 0 Å². The highest BCUT2D eigenvalue weighted by atomic mass is 35.5. The summed E-state index contributed by atoms with van der Waals surface area (Å²) in [6, 6.07) is 4.64. The molecular formula is C10H13ClN2O3. The molecule has 0 N–H and O–H groups in total. The van der Waals surface area contributed by atoms with Crippen LogP contribution < -0.4 is 4.74 Å². The second-order valence-electron chi connectivity index (χ2n) is 3.50. The first-order valence-corrected chi connectivity index (χ1v) is 5.10. The molecule has 0 saturated carbocycles. The quantitative estimate of drug-likeness (QED) is 0.589. The molecular weight excluding hydrogens is 232 g/mol. The molecule has 16 heavy (non-hydrogen) atoms. The second kappa shape index (κ2) is 5.67. The third kappa shape index (κ3) is 3.36. The van der Waals surface area contributed by atoms with Crippen LogP contribution >= 0.6 is 11.6 Å². The summed E-state index contributed by atoms with van der Waals surface area (Å²) < 4.78 is 5.32. The van der Waals surface area contributed by atoms with Crippen molar-refractivity contribution in [2.24, 2.45) is 0 Å². The maximum absolute atomic E-state index is 10.8. The average Bonchev–Trinajstić information content (AvgIpc) is 2.16. The average molecular weight is 245 g/mol. The van der Waals surface area contributed by atoms with Crippen LogP contribution in [0.15, 0.2) is 18.2 Å². The molecule has 6 heteroatoms. The van der Waals surface area contributed by atoms with Gasteiger partial charge in [0.15, 0.2) is 5.75 Å². The fourth-order valence-electron chi connectivity index (χ4n) is 1.13. The van der Waals surface area contributed by atoms with Crippen LogP contribution in [0.25, 0.3) is 0 Å². The van der Waals surface area contributed by atoms with Crippen LogP contribution in [0.4, 0.5) is 5.69 Å². The Bertz CT molecular complexity index is 382. The summed E-state index contributed by atoms with van der Waals surface area (Å²) in [6.07, 6.45) is 0. The van der Waals surface area contributed by atoms with Crippen molar-refractivity contribution in [1.29, 1.82) is 0 Å². The Morgan fingerprint density at radius 2 is 2.19 bits per heavy atom. The Balaban J connectivity index is 2.79. The van der Waals surface area contributed by atoms with Gasteiger partial charge in [0, 0.05) is 6.54 Å². The molecule has 5 nitrogen and oxygen atoms in total. The minimum atomic E-state index is -0.534. The van der Waals surface area contributed by atoms with Crippen LogP contribution in [0.3, 0.4) is 0 Å². The predicted octanol–water partition coefficient (Wildman–Crippen LogP) is 2.19. The molecule has 0 atom stereocenters. The normalized spacial score (nSPS) is 10.5. The van der Waals surface area contributed by atoms with E-state index >= 15 is 0 Å². The lowest BCUT2D eigenvalue weighted by Crippen LogP contribution is -2.19. The number of nitrogens with zero attached hydrogens (tertiary/aromatic N) is 2. The monoisotopic (exact) mass is 244 g/mol. The first kappa shape index (κ1) is 12.7. The molecule has 0 bridgehead atoms. The van der Waals surface area contributed by atoms with E-state index < -0.39 is 4.92 Å². The van der Waals surface area contributed by atoms with Gasteiger partial charge >= 0.3 is 5.69 Å². The number of nitro benzene ring substituents is 1. The number of rotatable bonds is 5. The summed E-state index contributed by atoms with van der Waals surface area (Å²) in [6.45, 7) is 1.07. The Morgan fingerprint density at radius 1 is 1.50 bits per heavy atom. The number of likely N-dealkylation sites (N-methyl/N-ethyl adjacent to an activating group) is 1. The summed E-state index contributed by atoms with van der Waals surface area (Å²) in [5, 5.41) is 10.9. The van der Waals surface area contributed by atoms with Crippen molar-refractivity contribution in [1.82, 2.24) is 4.90 Å². The second-order valence-corrected chi connectivity index (χ2v) is 3.90. The van der Waals surface area contributed by atoms with Gasteiger partial charge in [-0.2, -0.15) is 0 Å². The number of para-hydroxylation sites is 1. The Kier molecular flexibility index (Phi) is 4.52. The molecule has 0 aliphatic carbocycles. The highest BCUT2D eigenvalue weighted by Gasteiger charge is 2.19. The molecule has 1 aromatic carbocycles. The van der Waals surface area contributed by atoms with Crippen LogP contribution in [-0.4, -0.2) is 37.1 Å². The van der Waals surface area contributed by atoms with Crippen LogP contribution in [-0.2, 0) is 0 Å². The molecule has 0 radical (unpaired) electrons. The van der Waals surface area contributed by atoms with Gasteiger partial charge in [-0.15, -0.1) is 0 Å². The van der Waals surface area contributed by atoms with E-state index in [0.29, 0.717) is 13.2 Å². The van der Waals surface area contributed by atoms with Crippen molar-refractivity contribution in [3.8, 4) is 5.75 Å². The van der Waals surface area contributed by atoms with Crippen molar-refractivity contribution in [3.05, 3.63) is 33.3 Å². The van der Waals surface area contributed by atoms with Gasteiger partial charge in [0.25, 0.3) is 0 Å². The van der Waals surface area contributed by atoms with Crippen LogP contribution in [0.2, 0.25) is 5.02 Å². The first-order valence-electron chi connectivity index (χ1n) is 4.73. The summed E-state index contributed by atoms with van der Waals surface area (Å²) in [4.78, 5) is 12.2. The molecule has 0 saturated heterocycles. The van der Waals surface area contributed by atoms with Crippen LogP contribution in [0.1, 0.15) is 0 Å². The molecule has 0 fully saturated rings. The summed E-state index contributed by atoms with van der Waals surface area (Å²) in [7, 11) is 3.80. The van der Waals surface area contributed by atoms with Gasteiger partial charge in [0.2, 0.25) is 0 Å². The van der Waals surface area contributed by atoms with Crippen molar-refractivity contribution in [3.63, 3.8) is 0 Å². The minimum Gasteiger partial charge on any atom is -0.485 e. The molecule has 0 spiro atoms. The molecule has 0 amide bonds. The summed E-state index contributed by atoms with van der Waals surface area (Å²) in [5.41, 5.74) is -0.178. The first-order chi connectivity index (χ1) is 7.52. The topological polar surface area (TPSA) is 55.6 Å². The predicted molar refractivity (Wildman–Crippen MR) is 62.2 cm³/mol. The van der Waals surface area contributed by atoms with E-state index in [4.69, 9.17) is 16.3 Å². The molecule has 1 aromatic rings. The highest BCUT2D eigenvalue weighted by Crippen LogP contribution is 2.33. The van der Waals surface area contributed by atoms with E-state index in [0.717, 1.165) is 0 Å². The van der Waals surface area contributed by atoms with Gasteiger partial charge in [0.05, 0.1) is 4.92 Å². The maximum atomic E-state index is 10.8. The molecule has 0 aromatic heterocycles. The third-order valence-corrected chi connectivity index (χ3v) is 2.23. The third-order valence-electron chi connectivity index (χ3n) is 1.93. The Hall–Kier alpha value is -1.33. The van der Waals surface area contributed by atoms with Crippen molar-refractivity contribution >= 4 is 17.3 Å². The largest absolute Gasteiger partial charge is 0.485 e. The Morgan fingerprint density at radius 3 is 2.75 bits per heavy atom. The van der Waals surface area contributed by atoms with Gasteiger partial charge in [-0.1, -0.05) is 17.7 Å². The maximum Gasteiger partial charge on any atom is 0.329 e. The van der Waals surface area contributed by atoms with E-state index in [1.165, 1.54) is 6.07 Å². The molecule has 1 rings (SSSR count). The standard InChI is InChI=1S/C10H13ClN2O3/c1-12(2)6-7-16-9-5-3-4-8(11)10(9)13(14)15/h3-5H,6-7H2,1-2H3. The van der Waals surface area contributed by atoms with E-state index in [2.05, 4.69) is 0 Å². The smallest absolute Gasteiger partial charge is 0.329 e. The molecule has 0 aliphatic heterocycles. The van der Waals surface area contributed by atoms with E-state index in [9.17, 15) is 10.1 Å². The zero-order valence-corrected chi connectivity index (χ0v) is 9.90. The van der Waals surface area contributed by atoms with Gasteiger partial charge in [-0.3, -0.25) is 10.1 Å².